The standard InChI is InChI=1S/C22H31N3OS/c1-17-6-2-3-7-18(17)14-25-12-11-24(15-19(25)10-13-26)16-22-23-20-8-4-5-9-21(20)27-22/h2-3,6-7,19,26H,4-5,8-16H2,1H3/t19-/m0/s1. The molecule has 1 N–H and O–H groups in total. The lowest BCUT2D eigenvalue weighted by Crippen LogP contribution is -2.52. The lowest BCUT2D eigenvalue weighted by atomic mass is 10.0. The average Bonchev–Trinajstić information content (AvgIpc) is 3.08. The highest BCUT2D eigenvalue weighted by molar-refractivity contribution is 7.11. The number of rotatable bonds is 6. The van der Waals surface area contributed by atoms with Crippen molar-refractivity contribution in [2.75, 3.05) is 26.2 Å². The Morgan fingerprint density at radius 3 is 2.81 bits per heavy atom. The minimum Gasteiger partial charge on any atom is -0.396 e. The first-order valence-corrected chi connectivity index (χ1v) is 11.1. The van der Waals surface area contributed by atoms with Crippen molar-refractivity contribution < 1.29 is 5.11 Å². The molecule has 1 aliphatic carbocycles. The Balaban J connectivity index is 1.40. The van der Waals surface area contributed by atoms with Gasteiger partial charge in [-0.1, -0.05) is 24.3 Å². The van der Waals surface area contributed by atoms with Gasteiger partial charge in [-0.25, -0.2) is 4.98 Å². The van der Waals surface area contributed by atoms with Crippen LogP contribution in [0.1, 0.15) is 46.0 Å². The van der Waals surface area contributed by atoms with E-state index in [1.165, 1.54) is 52.4 Å². The van der Waals surface area contributed by atoms with Crippen molar-refractivity contribution in [2.45, 2.75) is 58.2 Å². The van der Waals surface area contributed by atoms with E-state index >= 15 is 0 Å². The van der Waals surface area contributed by atoms with Gasteiger partial charge in [-0.15, -0.1) is 11.3 Å². The molecular weight excluding hydrogens is 354 g/mol. The summed E-state index contributed by atoms with van der Waals surface area (Å²) in [6, 6.07) is 9.08. The van der Waals surface area contributed by atoms with E-state index in [2.05, 4.69) is 41.0 Å². The van der Waals surface area contributed by atoms with Crippen molar-refractivity contribution in [1.82, 2.24) is 14.8 Å². The van der Waals surface area contributed by atoms with Crippen molar-refractivity contribution in [1.29, 1.82) is 0 Å². The number of aliphatic hydroxyl groups is 1. The maximum Gasteiger partial charge on any atom is 0.107 e. The van der Waals surface area contributed by atoms with Crippen molar-refractivity contribution in [3.8, 4) is 0 Å². The molecule has 1 fully saturated rings. The van der Waals surface area contributed by atoms with Gasteiger partial charge in [0.1, 0.15) is 5.01 Å². The molecule has 146 valence electrons. The Morgan fingerprint density at radius 2 is 2.00 bits per heavy atom. The SMILES string of the molecule is Cc1ccccc1CN1CCN(Cc2nc3c(s2)CCCC3)C[C@@H]1CCO. The third kappa shape index (κ3) is 4.60. The molecule has 0 bridgehead atoms. The van der Waals surface area contributed by atoms with Crippen LogP contribution in [0.5, 0.6) is 0 Å². The molecule has 1 saturated heterocycles. The number of nitrogens with zero attached hydrogens (tertiary/aromatic N) is 3. The van der Waals surface area contributed by atoms with Crippen molar-refractivity contribution >= 4 is 11.3 Å². The maximum atomic E-state index is 9.59. The van der Waals surface area contributed by atoms with Crippen LogP contribution in [0.25, 0.3) is 0 Å². The van der Waals surface area contributed by atoms with Gasteiger partial charge in [0.05, 0.1) is 12.2 Å². The number of piperazine rings is 1. The van der Waals surface area contributed by atoms with Crippen LogP contribution in [0, 0.1) is 6.92 Å². The molecule has 0 saturated carbocycles. The number of hydrogen-bond acceptors (Lipinski definition) is 5. The van der Waals surface area contributed by atoms with E-state index in [-0.39, 0.29) is 6.61 Å². The van der Waals surface area contributed by atoms with Gasteiger partial charge in [-0.3, -0.25) is 9.80 Å². The number of aromatic nitrogens is 1. The Labute approximate surface area is 166 Å². The summed E-state index contributed by atoms with van der Waals surface area (Å²) in [6.07, 6.45) is 5.86. The molecule has 2 aromatic rings. The second kappa shape index (κ2) is 8.82. The van der Waals surface area contributed by atoms with Gasteiger partial charge in [-0.05, 0) is 50.2 Å². The topological polar surface area (TPSA) is 39.6 Å². The van der Waals surface area contributed by atoms with E-state index in [9.17, 15) is 5.11 Å². The molecule has 5 heteroatoms. The zero-order valence-corrected chi connectivity index (χ0v) is 17.2. The molecule has 4 rings (SSSR count). The maximum absolute atomic E-state index is 9.59. The second-order valence-corrected chi connectivity index (χ2v) is 9.15. The second-order valence-electron chi connectivity index (χ2n) is 7.98. The fraction of sp³-hybridized carbons (Fsp3) is 0.591. The van der Waals surface area contributed by atoms with E-state index in [0.29, 0.717) is 6.04 Å². The first kappa shape index (κ1) is 19.1. The van der Waals surface area contributed by atoms with Crippen LogP contribution >= 0.6 is 11.3 Å². The fourth-order valence-corrected chi connectivity index (χ4v) is 5.60. The Morgan fingerprint density at radius 1 is 1.15 bits per heavy atom. The molecule has 0 amide bonds. The third-order valence-corrected chi connectivity index (χ3v) is 7.18. The normalized spacial score (nSPS) is 21.3. The number of fused-ring (bicyclic) bond motifs is 1. The quantitative estimate of drug-likeness (QED) is 0.827. The van der Waals surface area contributed by atoms with E-state index in [4.69, 9.17) is 4.98 Å². The van der Waals surface area contributed by atoms with Crippen LogP contribution in [0.15, 0.2) is 24.3 Å². The average molecular weight is 386 g/mol. The first-order chi connectivity index (χ1) is 13.2. The van der Waals surface area contributed by atoms with Gasteiger partial charge in [0, 0.05) is 43.7 Å². The van der Waals surface area contributed by atoms with E-state index in [0.717, 1.165) is 39.1 Å². The number of hydrogen-bond donors (Lipinski definition) is 1. The monoisotopic (exact) mass is 385 g/mol. The molecule has 4 nitrogen and oxygen atoms in total. The van der Waals surface area contributed by atoms with Crippen LogP contribution in [0.3, 0.4) is 0 Å². The van der Waals surface area contributed by atoms with Gasteiger partial charge in [0.25, 0.3) is 0 Å². The smallest absolute Gasteiger partial charge is 0.107 e. The van der Waals surface area contributed by atoms with Gasteiger partial charge < -0.3 is 5.11 Å². The van der Waals surface area contributed by atoms with Gasteiger partial charge in [0.15, 0.2) is 0 Å². The Hall–Kier alpha value is -1.27. The van der Waals surface area contributed by atoms with Crippen molar-refractivity contribution in [3.63, 3.8) is 0 Å². The van der Waals surface area contributed by atoms with Crippen LogP contribution < -0.4 is 0 Å². The molecule has 1 atom stereocenters. The minimum atomic E-state index is 0.258. The summed E-state index contributed by atoms with van der Waals surface area (Å²) in [5.74, 6) is 0. The number of aryl methyl sites for hydroxylation is 3. The van der Waals surface area contributed by atoms with E-state index < -0.39 is 0 Å². The number of benzene rings is 1. The minimum absolute atomic E-state index is 0.258. The van der Waals surface area contributed by atoms with Gasteiger partial charge in [-0.2, -0.15) is 0 Å². The predicted molar refractivity (Wildman–Crippen MR) is 111 cm³/mol. The zero-order chi connectivity index (χ0) is 18.6. The lowest BCUT2D eigenvalue weighted by molar-refractivity contribution is 0.0498. The third-order valence-electron chi connectivity index (χ3n) is 6.03. The fourth-order valence-electron chi connectivity index (χ4n) is 4.40. The Bertz CT molecular complexity index is 736. The predicted octanol–water partition coefficient (Wildman–Crippen LogP) is 3.40. The highest BCUT2D eigenvalue weighted by Crippen LogP contribution is 2.28. The summed E-state index contributed by atoms with van der Waals surface area (Å²) in [5, 5.41) is 10.9. The highest BCUT2D eigenvalue weighted by atomic mass is 32.1. The van der Waals surface area contributed by atoms with Crippen LogP contribution in [0.2, 0.25) is 0 Å². The summed E-state index contributed by atoms with van der Waals surface area (Å²) < 4.78 is 0. The molecular formula is C22H31N3OS. The van der Waals surface area contributed by atoms with Crippen LogP contribution in [-0.4, -0.2) is 52.2 Å². The lowest BCUT2D eigenvalue weighted by Gasteiger charge is -2.41. The van der Waals surface area contributed by atoms with Gasteiger partial charge >= 0.3 is 0 Å². The number of aliphatic hydroxyl groups excluding tert-OH is 1. The van der Waals surface area contributed by atoms with E-state index in [1.807, 2.05) is 11.3 Å². The van der Waals surface area contributed by atoms with Gasteiger partial charge in [0.2, 0.25) is 0 Å². The molecule has 1 aromatic heterocycles. The van der Waals surface area contributed by atoms with Crippen molar-refractivity contribution in [3.05, 3.63) is 51.0 Å². The summed E-state index contributed by atoms with van der Waals surface area (Å²) >= 11 is 1.93. The molecule has 2 heterocycles. The first-order valence-electron chi connectivity index (χ1n) is 10.3. The summed E-state index contributed by atoms with van der Waals surface area (Å²) in [6.45, 7) is 7.57. The van der Waals surface area contributed by atoms with Crippen LogP contribution in [0.4, 0.5) is 0 Å². The Kier molecular flexibility index (Phi) is 6.23. The summed E-state index contributed by atoms with van der Waals surface area (Å²) in [4.78, 5) is 11.6. The molecule has 27 heavy (non-hydrogen) atoms. The number of thiazole rings is 1. The molecule has 2 aliphatic rings. The van der Waals surface area contributed by atoms with E-state index in [1.54, 1.807) is 0 Å². The molecule has 0 unspecified atom stereocenters. The van der Waals surface area contributed by atoms with Crippen LogP contribution in [-0.2, 0) is 25.9 Å². The molecule has 0 radical (unpaired) electrons. The highest BCUT2D eigenvalue weighted by Gasteiger charge is 2.28. The zero-order valence-electron chi connectivity index (χ0n) is 16.4. The largest absolute Gasteiger partial charge is 0.396 e. The van der Waals surface area contributed by atoms with Crippen molar-refractivity contribution in [2.24, 2.45) is 0 Å². The molecule has 0 spiro atoms. The summed E-state index contributed by atoms with van der Waals surface area (Å²) in [7, 11) is 0. The summed E-state index contributed by atoms with van der Waals surface area (Å²) in [5.41, 5.74) is 4.13. The molecule has 1 aromatic carbocycles. The molecule has 1 aliphatic heterocycles.